The number of aryl methyl sites for hydroxylation is 1. The average molecular weight is 473 g/mol. The summed E-state index contributed by atoms with van der Waals surface area (Å²) in [5, 5.41) is 13.2. The first-order valence-electron chi connectivity index (χ1n) is 7.93. The summed E-state index contributed by atoms with van der Waals surface area (Å²) in [7, 11) is 0. The number of carbonyl (C=O) groups is 1. The van der Waals surface area contributed by atoms with Crippen LogP contribution >= 0.6 is 35.3 Å². The van der Waals surface area contributed by atoms with E-state index in [1.807, 2.05) is 25.3 Å². The van der Waals surface area contributed by atoms with Crippen LogP contribution < -0.4 is 16.0 Å². The minimum Gasteiger partial charge on any atom is -0.357 e. The maximum absolute atomic E-state index is 11.9. The van der Waals surface area contributed by atoms with Crippen LogP contribution in [0.15, 0.2) is 40.1 Å². The number of pyridine rings is 1. The fourth-order valence-corrected chi connectivity index (χ4v) is 2.60. The third-order valence-corrected chi connectivity index (χ3v) is 3.90. The van der Waals surface area contributed by atoms with Crippen LogP contribution in [0.1, 0.15) is 24.5 Å². The first kappa shape index (κ1) is 21.4. The van der Waals surface area contributed by atoms with Gasteiger partial charge in [-0.3, -0.25) is 4.79 Å². The maximum atomic E-state index is 11.9. The maximum Gasteiger partial charge on any atom is 0.227 e. The van der Waals surface area contributed by atoms with E-state index in [-0.39, 0.29) is 29.9 Å². The SMILES string of the molecule is CCNC(=NCc1ccsc1)NCCC(=O)Nc1ccc(C)cn1.I. The number of anilines is 1. The Morgan fingerprint density at radius 1 is 1.28 bits per heavy atom. The molecule has 0 bridgehead atoms. The number of thiophene rings is 1. The number of amides is 1. The van der Waals surface area contributed by atoms with Crippen LogP contribution in [0.4, 0.5) is 5.82 Å². The Hall–Kier alpha value is -1.68. The van der Waals surface area contributed by atoms with Gasteiger partial charge in [-0.15, -0.1) is 24.0 Å². The number of hydrogen-bond donors (Lipinski definition) is 3. The van der Waals surface area contributed by atoms with Crippen molar-refractivity contribution in [2.75, 3.05) is 18.4 Å². The zero-order valence-electron chi connectivity index (χ0n) is 14.4. The lowest BCUT2D eigenvalue weighted by Crippen LogP contribution is -2.38. The molecule has 136 valence electrons. The molecular weight excluding hydrogens is 449 g/mol. The smallest absolute Gasteiger partial charge is 0.227 e. The molecule has 2 aromatic heterocycles. The fourth-order valence-electron chi connectivity index (χ4n) is 1.94. The monoisotopic (exact) mass is 473 g/mol. The summed E-state index contributed by atoms with van der Waals surface area (Å²) in [6, 6.07) is 5.77. The highest BCUT2D eigenvalue weighted by Crippen LogP contribution is 2.07. The Bertz CT molecular complexity index is 658. The molecule has 0 aliphatic rings. The molecule has 0 aromatic carbocycles. The van der Waals surface area contributed by atoms with Crippen molar-refractivity contribution in [3.8, 4) is 0 Å². The molecule has 6 nitrogen and oxygen atoms in total. The molecule has 8 heteroatoms. The Balaban J connectivity index is 0.00000312. The number of hydrogen-bond acceptors (Lipinski definition) is 4. The Kier molecular flexibility index (Phi) is 10.1. The number of nitrogens with one attached hydrogen (secondary N) is 3. The van der Waals surface area contributed by atoms with Crippen molar-refractivity contribution in [2.24, 2.45) is 4.99 Å². The van der Waals surface area contributed by atoms with Crippen LogP contribution in [0, 0.1) is 6.92 Å². The van der Waals surface area contributed by atoms with E-state index in [9.17, 15) is 4.79 Å². The fraction of sp³-hybridized carbons (Fsp3) is 0.353. The van der Waals surface area contributed by atoms with Gasteiger partial charge in [-0.25, -0.2) is 9.98 Å². The molecule has 25 heavy (non-hydrogen) atoms. The van der Waals surface area contributed by atoms with E-state index in [0.717, 1.165) is 12.1 Å². The van der Waals surface area contributed by atoms with Crippen molar-refractivity contribution in [3.63, 3.8) is 0 Å². The third-order valence-electron chi connectivity index (χ3n) is 3.17. The standard InChI is InChI=1S/C17H23N5OS.HI/c1-3-18-17(21-11-14-7-9-24-12-14)19-8-6-16(23)22-15-5-4-13(2)10-20-15;/h4-5,7,9-10,12H,3,6,8,11H2,1-2H3,(H2,18,19,21)(H,20,22,23);1H. The normalized spacial score (nSPS) is 10.7. The van der Waals surface area contributed by atoms with Crippen LogP contribution in [0.25, 0.3) is 0 Å². The summed E-state index contributed by atoms with van der Waals surface area (Å²) >= 11 is 1.66. The Morgan fingerprint density at radius 3 is 2.76 bits per heavy atom. The molecule has 2 rings (SSSR count). The molecule has 0 aliphatic carbocycles. The van der Waals surface area contributed by atoms with Crippen molar-refractivity contribution >= 4 is 53.0 Å². The predicted molar refractivity (Wildman–Crippen MR) is 115 cm³/mol. The van der Waals surface area contributed by atoms with E-state index >= 15 is 0 Å². The molecule has 0 atom stereocenters. The summed E-state index contributed by atoms with van der Waals surface area (Å²) in [4.78, 5) is 20.6. The van der Waals surface area contributed by atoms with Gasteiger partial charge in [0.1, 0.15) is 5.82 Å². The third kappa shape index (κ3) is 8.30. The van der Waals surface area contributed by atoms with Crippen LogP contribution in [0.2, 0.25) is 0 Å². The molecule has 0 saturated carbocycles. The molecule has 0 aliphatic heterocycles. The lowest BCUT2D eigenvalue weighted by Gasteiger charge is -2.11. The lowest BCUT2D eigenvalue weighted by atomic mass is 10.3. The number of aromatic nitrogens is 1. The molecule has 1 amide bonds. The highest BCUT2D eigenvalue weighted by molar-refractivity contribution is 14.0. The van der Waals surface area contributed by atoms with Crippen molar-refractivity contribution in [1.29, 1.82) is 0 Å². The second-order valence-corrected chi connectivity index (χ2v) is 6.05. The van der Waals surface area contributed by atoms with Gasteiger partial charge >= 0.3 is 0 Å². The van der Waals surface area contributed by atoms with Gasteiger partial charge in [0, 0.05) is 25.7 Å². The number of guanidine groups is 1. The minimum absolute atomic E-state index is 0. The van der Waals surface area contributed by atoms with Crippen molar-refractivity contribution in [2.45, 2.75) is 26.8 Å². The Labute approximate surface area is 169 Å². The van der Waals surface area contributed by atoms with Gasteiger partial charge in [0.2, 0.25) is 5.91 Å². The summed E-state index contributed by atoms with van der Waals surface area (Å²) in [6.07, 6.45) is 2.08. The van der Waals surface area contributed by atoms with Gasteiger partial charge in [0.15, 0.2) is 5.96 Å². The van der Waals surface area contributed by atoms with Crippen LogP contribution in [-0.2, 0) is 11.3 Å². The zero-order chi connectivity index (χ0) is 17.2. The van der Waals surface area contributed by atoms with Gasteiger partial charge in [-0.2, -0.15) is 11.3 Å². The predicted octanol–water partition coefficient (Wildman–Crippen LogP) is 3.15. The number of aliphatic imine (C=N–C) groups is 1. The van der Waals surface area contributed by atoms with Gasteiger partial charge < -0.3 is 16.0 Å². The van der Waals surface area contributed by atoms with E-state index in [1.165, 1.54) is 5.56 Å². The topological polar surface area (TPSA) is 78.4 Å². The highest BCUT2D eigenvalue weighted by Gasteiger charge is 2.04. The van der Waals surface area contributed by atoms with Crippen molar-refractivity contribution < 1.29 is 4.79 Å². The van der Waals surface area contributed by atoms with Crippen molar-refractivity contribution in [1.82, 2.24) is 15.6 Å². The highest BCUT2D eigenvalue weighted by atomic mass is 127. The van der Waals surface area contributed by atoms with Crippen LogP contribution in [-0.4, -0.2) is 29.9 Å². The quantitative estimate of drug-likeness (QED) is 0.328. The van der Waals surface area contributed by atoms with E-state index < -0.39 is 0 Å². The molecule has 0 saturated heterocycles. The second kappa shape index (κ2) is 11.8. The molecular formula is C17H24IN5OS. The molecule has 3 N–H and O–H groups in total. The van der Waals surface area contributed by atoms with E-state index in [2.05, 4.69) is 37.4 Å². The van der Waals surface area contributed by atoms with Gasteiger partial charge in [0.05, 0.1) is 6.54 Å². The summed E-state index contributed by atoms with van der Waals surface area (Å²) in [6.45, 7) is 5.87. The first-order valence-corrected chi connectivity index (χ1v) is 8.87. The van der Waals surface area contributed by atoms with E-state index in [4.69, 9.17) is 0 Å². The second-order valence-electron chi connectivity index (χ2n) is 5.27. The summed E-state index contributed by atoms with van der Waals surface area (Å²) in [5.74, 6) is 1.21. The van der Waals surface area contributed by atoms with Gasteiger partial charge in [-0.05, 0) is 47.9 Å². The van der Waals surface area contributed by atoms with Gasteiger partial charge in [-0.1, -0.05) is 6.07 Å². The number of halogens is 1. The van der Waals surface area contributed by atoms with Crippen molar-refractivity contribution in [3.05, 3.63) is 46.3 Å². The zero-order valence-corrected chi connectivity index (χ0v) is 17.6. The van der Waals surface area contributed by atoms with Crippen LogP contribution in [0.3, 0.4) is 0 Å². The average Bonchev–Trinajstić information content (AvgIpc) is 3.08. The molecule has 2 heterocycles. The van der Waals surface area contributed by atoms with Crippen LogP contribution in [0.5, 0.6) is 0 Å². The van der Waals surface area contributed by atoms with E-state index in [1.54, 1.807) is 23.6 Å². The summed E-state index contributed by atoms with van der Waals surface area (Å²) < 4.78 is 0. The van der Waals surface area contributed by atoms with E-state index in [0.29, 0.717) is 31.3 Å². The first-order chi connectivity index (χ1) is 11.7. The minimum atomic E-state index is -0.0764. The molecule has 0 spiro atoms. The molecule has 2 aromatic rings. The van der Waals surface area contributed by atoms with Gasteiger partial charge in [0.25, 0.3) is 0 Å². The number of rotatable bonds is 7. The number of carbonyl (C=O) groups excluding carboxylic acids is 1. The largest absolute Gasteiger partial charge is 0.357 e. The molecule has 0 fully saturated rings. The molecule has 0 radical (unpaired) electrons. The summed E-state index contributed by atoms with van der Waals surface area (Å²) in [5.41, 5.74) is 2.24. The number of nitrogens with zero attached hydrogens (tertiary/aromatic N) is 2. The Morgan fingerprint density at radius 2 is 2.12 bits per heavy atom. The lowest BCUT2D eigenvalue weighted by molar-refractivity contribution is -0.116. The molecule has 0 unspecified atom stereocenters.